The van der Waals surface area contributed by atoms with E-state index in [1.54, 1.807) is 41.6 Å². The highest BCUT2D eigenvalue weighted by Gasteiger charge is 2.65. The number of nitro benzene ring substituents is 1. The van der Waals surface area contributed by atoms with Crippen molar-refractivity contribution in [1.29, 1.82) is 0 Å². The largest absolute Gasteiger partial charge is 0.292 e. The normalized spacial score (nSPS) is 23.9. The van der Waals surface area contributed by atoms with Crippen LogP contribution in [0.1, 0.15) is 27.5 Å². The first kappa shape index (κ1) is 22.1. The van der Waals surface area contributed by atoms with Crippen LogP contribution in [0.3, 0.4) is 0 Å². The number of nitrogens with zero attached hydrogens (tertiary/aromatic N) is 4. The summed E-state index contributed by atoms with van der Waals surface area (Å²) in [7, 11) is 0. The Morgan fingerprint density at radius 3 is 2.39 bits per heavy atom. The summed E-state index contributed by atoms with van der Waals surface area (Å²) in [6.07, 6.45) is 1.63. The number of anilines is 1. The Hall–Kier alpha value is -4.37. The van der Waals surface area contributed by atoms with Crippen LogP contribution >= 0.6 is 11.6 Å². The van der Waals surface area contributed by atoms with Crippen molar-refractivity contribution in [3.05, 3.63) is 105 Å². The van der Waals surface area contributed by atoms with E-state index in [1.165, 1.54) is 12.1 Å². The zero-order chi connectivity index (χ0) is 25.1. The topological polar surface area (TPSA) is 113 Å². The van der Waals surface area contributed by atoms with E-state index in [0.717, 1.165) is 22.1 Å². The molecule has 3 aliphatic heterocycles. The second kappa shape index (κ2) is 8.10. The molecular weight excluding hydrogens is 484 g/mol. The SMILES string of the molecule is O=C(c1ccccc1)[C@@H]1[C@@H]2C(=O)N(c3cc([N+](=O)[O-])ccc3Cl)C(=O)[C@@H]2[C@H]2c3ccccc3C=NN12. The Balaban J connectivity index is 1.51. The van der Waals surface area contributed by atoms with Gasteiger partial charge in [-0.15, -0.1) is 0 Å². The first-order valence-corrected chi connectivity index (χ1v) is 11.6. The van der Waals surface area contributed by atoms with E-state index in [0.29, 0.717) is 5.56 Å². The van der Waals surface area contributed by atoms with Crippen LogP contribution in [0.15, 0.2) is 77.9 Å². The van der Waals surface area contributed by atoms with Crippen molar-refractivity contribution in [3.63, 3.8) is 0 Å². The molecule has 10 heteroatoms. The number of benzene rings is 3. The third-order valence-electron chi connectivity index (χ3n) is 7.00. The van der Waals surface area contributed by atoms with Gasteiger partial charge in [0.05, 0.1) is 39.7 Å². The molecule has 0 N–H and O–H groups in total. The standard InChI is InChI=1S/C26H17ClN4O5/c27-18-11-10-16(31(35)36)12-19(18)29-25(33)20-21(26(29)34)23(24(32)14-6-2-1-3-7-14)30-22(20)17-9-5-4-8-15(17)13-28-30/h1-13,20-23H/t20-,21+,22+,23-/m0/s1. The quantitative estimate of drug-likeness (QED) is 0.231. The first-order valence-electron chi connectivity index (χ1n) is 11.2. The summed E-state index contributed by atoms with van der Waals surface area (Å²) < 4.78 is 0. The van der Waals surface area contributed by atoms with Crippen LogP contribution in [0.25, 0.3) is 0 Å². The van der Waals surface area contributed by atoms with Gasteiger partial charge in [-0.1, -0.05) is 66.2 Å². The number of hydrazone groups is 1. The van der Waals surface area contributed by atoms with Gasteiger partial charge in [0.2, 0.25) is 11.8 Å². The average Bonchev–Trinajstić information content (AvgIpc) is 3.37. The molecule has 0 saturated carbocycles. The van der Waals surface area contributed by atoms with Gasteiger partial charge in [0, 0.05) is 17.7 Å². The lowest BCUT2D eigenvalue weighted by atomic mass is 9.83. The number of carbonyl (C=O) groups is 3. The van der Waals surface area contributed by atoms with Crippen LogP contribution in [0, 0.1) is 22.0 Å². The van der Waals surface area contributed by atoms with E-state index in [-0.39, 0.29) is 22.2 Å². The van der Waals surface area contributed by atoms with Gasteiger partial charge in [-0.3, -0.25) is 29.5 Å². The number of amides is 2. The number of rotatable bonds is 4. The van der Waals surface area contributed by atoms with Crippen molar-refractivity contribution in [2.24, 2.45) is 16.9 Å². The minimum atomic E-state index is -1.05. The molecule has 0 bridgehead atoms. The van der Waals surface area contributed by atoms with Gasteiger partial charge in [0.1, 0.15) is 6.04 Å². The highest BCUT2D eigenvalue weighted by Crippen LogP contribution is 2.53. The lowest BCUT2D eigenvalue weighted by molar-refractivity contribution is -0.384. The van der Waals surface area contributed by atoms with Gasteiger partial charge in [0.25, 0.3) is 5.69 Å². The van der Waals surface area contributed by atoms with Crippen LogP contribution < -0.4 is 4.90 Å². The molecule has 4 atom stereocenters. The fraction of sp³-hybridized carbons (Fsp3) is 0.154. The molecule has 0 aromatic heterocycles. The zero-order valence-corrected chi connectivity index (χ0v) is 19.3. The van der Waals surface area contributed by atoms with Crippen molar-refractivity contribution in [1.82, 2.24) is 5.01 Å². The summed E-state index contributed by atoms with van der Waals surface area (Å²) in [5.41, 5.74) is 1.58. The number of non-ortho nitro benzene ring substituents is 1. The molecule has 3 heterocycles. The molecule has 0 unspecified atom stereocenters. The number of hydrogen-bond acceptors (Lipinski definition) is 7. The van der Waals surface area contributed by atoms with Crippen molar-refractivity contribution < 1.29 is 19.3 Å². The van der Waals surface area contributed by atoms with Gasteiger partial charge < -0.3 is 0 Å². The predicted octanol–water partition coefficient (Wildman–Crippen LogP) is 4.01. The maximum Gasteiger partial charge on any atom is 0.271 e. The summed E-state index contributed by atoms with van der Waals surface area (Å²) >= 11 is 6.31. The maximum absolute atomic E-state index is 13.9. The number of halogens is 1. The number of carbonyl (C=O) groups excluding carboxylic acids is 3. The fourth-order valence-electron chi connectivity index (χ4n) is 5.47. The highest BCUT2D eigenvalue weighted by molar-refractivity contribution is 6.36. The van der Waals surface area contributed by atoms with Crippen molar-refractivity contribution >= 4 is 46.8 Å². The molecule has 6 rings (SSSR count). The Morgan fingerprint density at radius 1 is 0.944 bits per heavy atom. The highest BCUT2D eigenvalue weighted by atomic mass is 35.5. The third-order valence-corrected chi connectivity index (χ3v) is 7.32. The van der Waals surface area contributed by atoms with Crippen molar-refractivity contribution in [3.8, 4) is 0 Å². The second-order valence-corrected chi connectivity index (χ2v) is 9.24. The molecule has 9 nitrogen and oxygen atoms in total. The molecule has 2 amide bonds. The number of nitro groups is 1. The zero-order valence-electron chi connectivity index (χ0n) is 18.5. The molecule has 178 valence electrons. The number of imide groups is 1. The van der Waals surface area contributed by atoms with E-state index in [4.69, 9.17) is 11.6 Å². The van der Waals surface area contributed by atoms with Crippen LogP contribution in [0.2, 0.25) is 5.02 Å². The van der Waals surface area contributed by atoms with Crippen LogP contribution in [0.5, 0.6) is 0 Å². The van der Waals surface area contributed by atoms with Gasteiger partial charge in [-0.25, -0.2) is 4.90 Å². The second-order valence-electron chi connectivity index (χ2n) is 8.83. The molecule has 3 aliphatic rings. The molecule has 0 spiro atoms. The van der Waals surface area contributed by atoms with E-state index in [9.17, 15) is 24.5 Å². The number of Topliss-reactive ketones (excluding diaryl/α,β-unsaturated/α-hetero) is 1. The smallest absolute Gasteiger partial charge is 0.271 e. The van der Waals surface area contributed by atoms with E-state index < -0.39 is 40.7 Å². The predicted molar refractivity (Wildman–Crippen MR) is 131 cm³/mol. The molecule has 3 aromatic carbocycles. The summed E-state index contributed by atoms with van der Waals surface area (Å²) in [5.74, 6) is -3.52. The maximum atomic E-state index is 13.9. The molecule has 3 aromatic rings. The molecular formula is C26H17ClN4O5. The first-order chi connectivity index (χ1) is 17.4. The molecule has 2 saturated heterocycles. The van der Waals surface area contributed by atoms with Crippen LogP contribution in [-0.4, -0.2) is 39.8 Å². The Kier molecular flexibility index (Phi) is 4.97. The Bertz CT molecular complexity index is 1490. The van der Waals surface area contributed by atoms with Crippen molar-refractivity contribution in [2.75, 3.05) is 4.90 Å². The number of hydrogen-bond donors (Lipinski definition) is 0. The lowest BCUT2D eigenvalue weighted by Gasteiger charge is -2.33. The summed E-state index contributed by atoms with van der Waals surface area (Å²) in [5, 5.41) is 17.5. The van der Waals surface area contributed by atoms with E-state index >= 15 is 0 Å². The summed E-state index contributed by atoms with van der Waals surface area (Å²) in [6.45, 7) is 0. The van der Waals surface area contributed by atoms with Gasteiger partial charge in [0.15, 0.2) is 5.78 Å². The molecule has 0 aliphatic carbocycles. The molecule has 2 fully saturated rings. The van der Waals surface area contributed by atoms with Crippen LogP contribution in [-0.2, 0) is 9.59 Å². The van der Waals surface area contributed by atoms with E-state index in [1.807, 2.05) is 24.3 Å². The van der Waals surface area contributed by atoms with E-state index in [2.05, 4.69) is 5.10 Å². The van der Waals surface area contributed by atoms with Gasteiger partial charge in [-0.2, -0.15) is 5.10 Å². The summed E-state index contributed by atoms with van der Waals surface area (Å²) in [6, 6.07) is 17.8. The van der Waals surface area contributed by atoms with Crippen LogP contribution in [0.4, 0.5) is 11.4 Å². The van der Waals surface area contributed by atoms with Gasteiger partial charge >= 0.3 is 0 Å². The molecule has 36 heavy (non-hydrogen) atoms. The monoisotopic (exact) mass is 500 g/mol. The summed E-state index contributed by atoms with van der Waals surface area (Å²) in [4.78, 5) is 53.2. The average molecular weight is 501 g/mol. The number of fused-ring (bicyclic) bond motifs is 5. The number of ketones is 1. The fourth-order valence-corrected chi connectivity index (χ4v) is 5.67. The third kappa shape index (κ3) is 3.09. The van der Waals surface area contributed by atoms with Gasteiger partial charge in [-0.05, 0) is 17.2 Å². The Labute approximate surface area is 209 Å². The molecule has 0 radical (unpaired) electrons. The Morgan fingerprint density at radius 2 is 1.64 bits per heavy atom. The minimum absolute atomic E-state index is 0.0205. The lowest BCUT2D eigenvalue weighted by Crippen LogP contribution is -2.44. The van der Waals surface area contributed by atoms with Crippen molar-refractivity contribution in [2.45, 2.75) is 12.1 Å². The minimum Gasteiger partial charge on any atom is -0.292 e.